The molecule has 8 heteroatoms. The van der Waals surface area contributed by atoms with Crippen molar-refractivity contribution in [1.82, 2.24) is 10.2 Å². The average molecular weight is 430 g/mol. The largest absolute Gasteiger partial charge is 0.452 e. The number of nitrogens with zero attached hydrogens (tertiary/aromatic N) is 2. The first-order valence-corrected chi connectivity index (χ1v) is 10.9. The lowest BCUT2D eigenvalue weighted by Gasteiger charge is -2.48. The number of hydrogen-bond acceptors (Lipinski definition) is 5. The molecule has 0 unspecified atom stereocenters. The number of anilines is 1. The average Bonchev–Trinajstić information content (AvgIpc) is 3.07. The number of fused-ring (bicyclic) bond motifs is 3. The van der Waals surface area contributed by atoms with Crippen LogP contribution in [0.1, 0.15) is 63.7 Å². The Labute approximate surface area is 182 Å². The molecule has 8 nitrogen and oxygen atoms in total. The number of hydrogen-bond donors (Lipinski definition) is 1. The maximum atomic E-state index is 13.4. The number of nitrogens with one attached hydrogen (secondary N) is 1. The summed E-state index contributed by atoms with van der Waals surface area (Å²) in [5, 5.41) is 2.80. The third kappa shape index (κ3) is 4.16. The molecular formula is C23H31N3O5. The fourth-order valence-electron chi connectivity index (χ4n) is 4.43. The molecule has 0 bridgehead atoms. The maximum Gasteiger partial charge on any atom is 0.354 e. The Morgan fingerprint density at radius 2 is 1.90 bits per heavy atom. The summed E-state index contributed by atoms with van der Waals surface area (Å²) in [4.78, 5) is 54.7. The fourth-order valence-corrected chi connectivity index (χ4v) is 4.43. The lowest BCUT2D eigenvalue weighted by atomic mass is 9.95. The van der Waals surface area contributed by atoms with Gasteiger partial charge in [-0.3, -0.25) is 19.3 Å². The van der Waals surface area contributed by atoms with Crippen molar-refractivity contribution in [2.75, 3.05) is 18.1 Å². The normalized spacial score (nSPS) is 21.1. The molecule has 0 aliphatic carbocycles. The highest BCUT2D eigenvalue weighted by molar-refractivity contribution is 6.15. The van der Waals surface area contributed by atoms with Gasteiger partial charge in [0, 0.05) is 25.4 Å². The van der Waals surface area contributed by atoms with Crippen molar-refractivity contribution in [2.24, 2.45) is 5.92 Å². The van der Waals surface area contributed by atoms with Crippen LogP contribution in [0.2, 0.25) is 0 Å². The van der Waals surface area contributed by atoms with Crippen LogP contribution >= 0.6 is 0 Å². The first kappa shape index (κ1) is 22.8. The Bertz CT molecular complexity index is 884. The van der Waals surface area contributed by atoms with E-state index < -0.39 is 24.1 Å². The summed E-state index contributed by atoms with van der Waals surface area (Å²) >= 11 is 0. The van der Waals surface area contributed by atoms with Gasteiger partial charge in [-0.2, -0.15) is 0 Å². The van der Waals surface area contributed by atoms with Crippen LogP contribution in [0.5, 0.6) is 0 Å². The summed E-state index contributed by atoms with van der Waals surface area (Å²) in [7, 11) is 0. The molecule has 2 aliphatic rings. The Morgan fingerprint density at radius 1 is 1.19 bits per heavy atom. The molecular weight excluding hydrogens is 398 g/mol. The second kappa shape index (κ2) is 9.08. The van der Waals surface area contributed by atoms with Gasteiger partial charge in [-0.1, -0.05) is 39.3 Å². The van der Waals surface area contributed by atoms with Gasteiger partial charge in [-0.15, -0.1) is 0 Å². The third-order valence-corrected chi connectivity index (χ3v) is 5.71. The zero-order valence-corrected chi connectivity index (χ0v) is 18.6. The van der Waals surface area contributed by atoms with Crippen molar-refractivity contribution < 1.29 is 23.9 Å². The van der Waals surface area contributed by atoms with E-state index in [2.05, 4.69) is 5.32 Å². The molecule has 2 aliphatic heterocycles. The minimum atomic E-state index is -1.57. The maximum absolute atomic E-state index is 13.4. The summed E-state index contributed by atoms with van der Waals surface area (Å²) in [6.07, 6.45) is 1.99. The predicted molar refractivity (Wildman–Crippen MR) is 115 cm³/mol. The molecule has 1 aromatic rings. The Balaban J connectivity index is 1.92. The first-order chi connectivity index (χ1) is 14.7. The van der Waals surface area contributed by atoms with Gasteiger partial charge in [0.25, 0.3) is 11.8 Å². The zero-order valence-electron chi connectivity index (χ0n) is 18.6. The first-order valence-electron chi connectivity index (χ1n) is 10.9. The standard InChI is InChI=1S/C23H31N3O5/c1-5-8-16(4)24-19(27)14-31-22(30)23-12-11-20(28)26(23)18-10-7-6-9-17(18)21(29)25(23)13-15(2)3/h6-7,9-10,15-16H,5,8,11-14H2,1-4H3,(H,24,27)/t16-,23+/m1/s1. The summed E-state index contributed by atoms with van der Waals surface area (Å²) in [5.74, 6) is -1.64. The molecule has 31 heavy (non-hydrogen) atoms. The van der Waals surface area contributed by atoms with E-state index in [1.54, 1.807) is 24.3 Å². The lowest BCUT2D eigenvalue weighted by Crippen LogP contribution is -2.69. The number of rotatable bonds is 8. The molecule has 1 N–H and O–H groups in total. The van der Waals surface area contributed by atoms with Crippen LogP contribution in [-0.4, -0.2) is 53.4 Å². The molecule has 0 radical (unpaired) electrons. The number of carbonyl (C=O) groups excluding carboxylic acids is 4. The number of ether oxygens (including phenoxy) is 1. The van der Waals surface area contributed by atoms with Crippen LogP contribution in [0, 0.1) is 5.92 Å². The molecule has 2 heterocycles. The topological polar surface area (TPSA) is 96.0 Å². The number of esters is 1. The van der Waals surface area contributed by atoms with E-state index in [1.807, 2.05) is 27.7 Å². The summed E-state index contributed by atoms with van der Waals surface area (Å²) in [6.45, 7) is 7.62. The molecule has 3 rings (SSSR count). The Kier molecular flexibility index (Phi) is 6.67. The second-order valence-electron chi connectivity index (χ2n) is 8.71. The zero-order chi connectivity index (χ0) is 22.8. The number of amides is 3. The van der Waals surface area contributed by atoms with Gasteiger partial charge in [-0.25, -0.2) is 4.79 Å². The minimum Gasteiger partial charge on any atom is -0.452 e. The van der Waals surface area contributed by atoms with E-state index in [0.717, 1.165) is 12.8 Å². The van der Waals surface area contributed by atoms with Crippen molar-refractivity contribution >= 4 is 29.4 Å². The van der Waals surface area contributed by atoms with Gasteiger partial charge in [0.15, 0.2) is 6.61 Å². The molecule has 1 saturated heterocycles. The molecule has 0 spiro atoms. The third-order valence-electron chi connectivity index (χ3n) is 5.71. The van der Waals surface area contributed by atoms with Crippen LogP contribution in [0.3, 0.4) is 0 Å². The van der Waals surface area contributed by atoms with Gasteiger partial charge in [-0.05, 0) is 31.4 Å². The SMILES string of the molecule is CCC[C@@H](C)NC(=O)COC(=O)[C@]12CCC(=O)N1c1ccccc1C(=O)N2CC(C)C. The molecule has 3 amide bonds. The number of carbonyl (C=O) groups is 4. The highest BCUT2D eigenvalue weighted by Crippen LogP contribution is 2.45. The Hall–Kier alpha value is -2.90. The molecule has 0 saturated carbocycles. The van der Waals surface area contributed by atoms with Crippen LogP contribution in [0.4, 0.5) is 5.69 Å². The van der Waals surface area contributed by atoms with E-state index in [9.17, 15) is 19.2 Å². The second-order valence-corrected chi connectivity index (χ2v) is 8.71. The van der Waals surface area contributed by atoms with Gasteiger partial charge < -0.3 is 15.0 Å². The van der Waals surface area contributed by atoms with Crippen LogP contribution in [0.25, 0.3) is 0 Å². The van der Waals surface area contributed by atoms with E-state index in [4.69, 9.17) is 4.74 Å². The van der Waals surface area contributed by atoms with E-state index in [-0.39, 0.29) is 43.2 Å². The highest BCUT2D eigenvalue weighted by Gasteiger charge is 2.62. The number of benzene rings is 1. The predicted octanol–water partition coefficient (Wildman–Crippen LogP) is 2.47. The molecule has 2 atom stereocenters. The van der Waals surface area contributed by atoms with Crippen LogP contribution in [0.15, 0.2) is 24.3 Å². The van der Waals surface area contributed by atoms with E-state index in [0.29, 0.717) is 11.3 Å². The van der Waals surface area contributed by atoms with Crippen molar-refractivity contribution in [2.45, 2.75) is 65.1 Å². The van der Waals surface area contributed by atoms with Gasteiger partial charge in [0.2, 0.25) is 11.6 Å². The van der Waals surface area contributed by atoms with Crippen molar-refractivity contribution in [3.63, 3.8) is 0 Å². The van der Waals surface area contributed by atoms with Crippen molar-refractivity contribution in [3.8, 4) is 0 Å². The number of para-hydroxylation sites is 1. The molecule has 0 aromatic heterocycles. The minimum absolute atomic E-state index is 0.0282. The van der Waals surface area contributed by atoms with Crippen LogP contribution < -0.4 is 10.2 Å². The van der Waals surface area contributed by atoms with Gasteiger partial charge in [0.05, 0.1) is 11.3 Å². The van der Waals surface area contributed by atoms with Crippen molar-refractivity contribution in [1.29, 1.82) is 0 Å². The van der Waals surface area contributed by atoms with Gasteiger partial charge in [0.1, 0.15) is 0 Å². The van der Waals surface area contributed by atoms with E-state index >= 15 is 0 Å². The highest BCUT2D eigenvalue weighted by atomic mass is 16.5. The quantitative estimate of drug-likeness (QED) is 0.641. The summed E-state index contributed by atoms with van der Waals surface area (Å²) in [6, 6.07) is 6.77. The van der Waals surface area contributed by atoms with Crippen molar-refractivity contribution in [3.05, 3.63) is 29.8 Å². The molecule has 168 valence electrons. The van der Waals surface area contributed by atoms with E-state index in [1.165, 1.54) is 9.80 Å². The van der Waals surface area contributed by atoms with Crippen LogP contribution in [-0.2, 0) is 19.1 Å². The lowest BCUT2D eigenvalue weighted by molar-refractivity contribution is -0.160. The summed E-state index contributed by atoms with van der Waals surface area (Å²) < 4.78 is 5.41. The Morgan fingerprint density at radius 3 is 2.58 bits per heavy atom. The molecule has 1 fully saturated rings. The fraction of sp³-hybridized carbons (Fsp3) is 0.565. The summed E-state index contributed by atoms with van der Waals surface area (Å²) in [5.41, 5.74) is -0.775. The molecule has 1 aromatic carbocycles. The van der Waals surface area contributed by atoms with Gasteiger partial charge >= 0.3 is 5.97 Å². The smallest absolute Gasteiger partial charge is 0.354 e. The monoisotopic (exact) mass is 429 g/mol.